The van der Waals surface area contributed by atoms with E-state index in [2.05, 4.69) is 17.9 Å². The Morgan fingerprint density at radius 3 is 2.89 bits per heavy atom. The van der Waals surface area contributed by atoms with Crippen molar-refractivity contribution in [3.8, 4) is 0 Å². The highest BCUT2D eigenvalue weighted by Gasteiger charge is 2.06. The molecule has 0 aliphatic carbocycles. The number of thiol groups is 1. The van der Waals surface area contributed by atoms with Gasteiger partial charge in [-0.3, -0.25) is 0 Å². The molecule has 9 heavy (non-hydrogen) atoms. The van der Waals surface area contributed by atoms with Crippen molar-refractivity contribution in [2.24, 2.45) is 0 Å². The van der Waals surface area contributed by atoms with Crippen molar-refractivity contribution in [3.63, 3.8) is 0 Å². The van der Waals surface area contributed by atoms with Crippen LogP contribution in [0.25, 0.3) is 0 Å². The van der Waals surface area contributed by atoms with Crippen molar-refractivity contribution in [1.29, 1.82) is 0 Å². The molecule has 0 atom stereocenters. The first-order valence-electron chi connectivity index (χ1n) is 3.01. The molecular weight excluding hydrogens is 134 g/mol. The number of ether oxygens (including phenoxy) is 1. The lowest BCUT2D eigenvalue weighted by Gasteiger charge is -2.16. The zero-order valence-electron chi connectivity index (χ0n) is 5.48. The van der Waals surface area contributed by atoms with Crippen molar-refractivity contribution in [2.45, 2.75) is 6.42 Å². The van der Waals surface area contributed by atoms with Crippen molar-refractivity contribution < 1.29 is 4.74 Å². The minimum Gasteiger partial charge on any atom is -0.391 e. The van der Waals surface area contributed by atoms with Gasteiger partial charge in [0.1, 0.15) is 0 Å². The summed E-state index contributed by atoms with van der Waals surface area (Å²) in [5.74, 6) is 0. The summed E-state index contributed by atoms with van der Waals surface area (Å²) in [6, 6.07) is 0. The lowest BCUT2D eigenvalue weighted by molar-refractivity contribution is 0.150. The quantitative estimate of drug-likeness (QED) is 0.532. The van der Waals surface area contributed by atoms with Crippen LogP contribution in [0.2, 0.25) is 0 Å². The highest BCUT2D eigenvalue weighted by molar-refractivity contribution is 7.84. The van der Waals surface area contributed by atoms with Crippen LogP contribution >= 0.6 is 12.6 Å². The third-order valence-electron chi connectivity index (χ3n) is 1.39. The summed E-state index contributed by atoms with van der Waals surface area (Å²) in [7, 11) is 1.91. The molecule has 1 rings (SSSR count). The minimum absolute atomic E-state index is 0.666. The van der Waals surface area contributed by atoms with E-state index in [1.54, 1.807) is 0 Å². The lowest BCUT2D eigenvalue weighted by Crippen LogP contribution is -2.17. The van der Waals surface area contributed by atoms with E-state index < -0.39 is 0 Å². The van der Waals surface area contributed by atoms with Crippen LogP contribution in [0.15, 0.2) is 10.6 Å². The summed E-state index contributed by atoms with van der Waals surface area (Å²) < 4.78 is 5.14. The zero-order chi connectivity index (χ0) is 6.69. The molecule has 0 aromatic heterocycles. The molecule has 0 amide bonds. The van der Waals surface area contributed by atoms with E-state index in [0.717, 1.165) is 17.9 Å². The molecule has 0 aromatic rings. The molecule has 0 saturated carbocycles. The number of nitrogens with one attached hydrogen (secondary N) is 1. The Hall–Kier alpha value is -0.150. The molecule has 0 radical (unpaired) electrons. The highest BCUT2D eigenvalue weighted by Crippen LogP contribution is 2.14. The van der Waals surface area contributed by atoms with Crippen molar-refractivity contribution >= 4 is 12.6 Å². The van der Waals surface area contributed by atoms with Gasteiger partial charge in [0, 0.05) is 24.1 Å². The van der Waals surface area contributed by atoms with Gasteiger partial charge in [-0.15, -0.1) is 12.6 Å². The summed E-state index contributed by atoms with van der Waals surface area (Å²) in [5, 5.41) is 3.08. The molecule has 2 nitrogen and oxygen atoms in total. The van der Waals surface area contributed by atoms with Gasteiger partial charge < -0.3 is 10.1 Å². The minimum atomic E-state index is 0.666. The fourth-order valence-corrected chi connectivity index (χ4v) is 1.16. The van der Waals surface area contributed by atoms with E-state index in [1.165, 1.54) is 5.70 Å². The normalized spacial score (nSPS) is 20.2. The van der Waals surface area contributed by atoms with Gasteiger partial charge in [0.25, 0.3) is 0 Å². The van der Waals surface area contributed by atoms with Gasteiger partial charge in [-0.1, -0.05) is 0 Å². The lowest BCUT2D eigenvalue weighted by atomic mass is 10.3. The van der Waals surface area contributed by atoms with Crippen LogP contribution in [0, 0.1) is 0 Å². The molecule has 1 N–H and O–H groups in total. The second-order valence-electron chi connectivity index (χ2n) is 1.98. The molecule has 0 saturated heterocycles. The molecular formula is C6H11NOS. The molecule has 1 aliphatic rings. The van der Waals surface area contributed by atoms with Gasteiger partial charge in [0.2, 0.25) is 0 Å². The predicted octanol–water partition coefficient (Wildman–Crippen LogP) is 0.768. The first-order valence-corrected chi connectivity index (χ1v) is 3.46. The van der Waals surface area contributed by atoms with Crippen molar-refractivity contribution in [1.82, 2.24) is 5.32 Å². The Kier molecular flexibility index (Phi) is 2.42. The molecule has 0 unspecified atom stereocenters. The fraction of sp³-hybridized carbons (Fsp3) is 0.667. The standard InChI is InChI=1S/C6H11NOS/c1-7-5-2-3-8-4-6(5)9/h7,9H,2-4H2,1H3. The summed E-state index contributed by atoms with van der Waals surface area (Å²) in [6.45, 7) is 1.49. The Morgan fingerprint density at radius 2 is 2.44 bits per heavy atom. The average Bonchev–Trinajstić information content (AvgIpc) is 1.89. The first-order chi connectivity index (χ1) is 4.34. The molecule has 0 spiro atoms. The van der Waals surface area contributed by atoms with Gasteiger partial charge in [-0.2, -0.15) is 0 Å². The summed E-state index contributed by atoms with van der Waals surface area (Å²) in [5.41, 5.74) is 1.21. The third-order valence-corrected chi connectivity index (χ3v) is 1.78. The summed E-state index contributed by atoms with van der Waals surface area (Å²) >= 11 is 4.23. The van der Waals surface area contributed by atoms with Crippen LogP contribution in [0.1, 0.15) is 6.42 Å². The smallest absolute Gasteiger partial charge is 0.0790 e. The maximum absolute atomic E-state index is 5.14. The SMILES string of the molecule is CNC1=C(S)COCC1. The molecule has 0 fully saturated rings. The van der Waals surface area contributed by atoms with Crippen LogP contribution in [-0.2, 0) is 4.74 Å². The molecule has 1 heterocycles. The van der Waals surface area contributed by atoms with Gasteiger partial charge in [0.05, 0.1) is 13.2 Å². The van der Waals surface area contributed by atoms with Gasteiger partial charge in [0.15, 0.2) is 0 Å². The molecule has 3 heteroatoms. The van der Waals surface area contributed by atoms with E-state index in [0.29, 0.717) is 6.61 Å². The zero-order valence-corrected chi connectivity index (χ0v) is 6.37. The van der Waals surface area contributed by atoms with Gasteiger partial charge >= 0.3 is 0 Å². The second kappa shape index (κ2) is 3.13. The largest absolute Gasteiger partial charge is 0.391 e. The van der Waals surface area contributed by atoms with Crippen LogP contribution in [-0.4, -0.2) is 20.3 Å². The van der Waals surface area contributed by atoms with E-state index in [1.807, 2.05) is 7.05 Å². The Bertz CT molecular complexity index is 133. The number of rotatable bonds is 1. The van der Waals surface area contributed by atoms with E-state index in [4.69, 9.17) is 4.74 Å². The molecule has 0 bridgehead atoms. The molecule has 1 aliphatic heterocycles. The molecule has 0 aromatic carbocycles. The van der Waals surface area contributed by atoms with E-state index >= 15 is 0 Å². The highest BCUT2D eigenvalue weighted by atomic mass is 32.1. The van der Waals surface area contributed by atoms with Crippen LogP contribution in [0.5, 0.6) is 0 Å². The van der Waals surface area contributed by atoms with E-state index in [9.17, 15) is 0 Å². The topological polar surface area (TPSA) is 21.3 Å². The number of hydrogen-bond donors (Lipinski definition) is 2. The van der Waals surface area contributed by atoms with Gasteiger partial charge in [-0.25, -0.2) is 0 Å². The van der Waals surface area contributed by atoms with Gasteiger partial charge in [-0.05, 0) is 0 Å². The Morgan fingerprint density at radius 1 is 1.67 bits per heavy atom. The van der Waals surface area contributed by atoms with Crippen molar-refractivity contribution in [2.75, 3.05) is 20.3 Å². The van der Waals surface area contributed by atoms with Crippen LogP contribution < -0.4 is 5.32 Å². The fourth-order valence-electron chi connectivity index (χ4n) is 0.844. The monoisotopic (exact) mass is 145 g/mol. The van der Waals surface area contributed by atoms with E-state index in [-0.39, 0.29) is 0 Å². The summed E-state index contributed by atoms with van der Waals surface area (Å²) in [6.07, 6.45) is 0.968. The Balaban J connectivity index is 2.59. The third kappa shape index (κ3) is 1.63. The Labute approximate surface area is 60.7 Å². The summed E-state index contributed by atoms with van der Waals surface area (Å²) in [4.78, 5) is 1.03. The maximum atomic E-state index is 5.14. The average molecular weight is 145 g/mol. The van der Waals surface area contributed by atoms with Crippen LogP contribution in [0.3, 0.4) is 0 Å². The number of hydrogen-bond acceptors (Lipinski definition) is 3. The van der Waals surface area contributed by atoms with Crippen molar-refractivity contribution in [3.05, 3.63) is 10.6 Å². The predicted molar refractivity (Wildman–Crippen MR) is 40.5 cm³/mol. The molecule has 52 valence electrons. The maximum Gasteiger partial charge on any atom is 0.0790 e. The van der Waals surface area contributed by atoms with Crippen LogP contribution in [0.4, 0.5) is 0 Å². The first kappa shape index (κ1) is 6.96. The second-order valence-corrected chi connectivity index (χ2v) is 2.52.